The van der Waals surface area contributed by atoms with E-state index in [1.54, 1.807) is 0 Å². The molecule has 6 heteroatoms. The Morgan fingerprint density at radius 3 is 2.47 bits per heavy atom. The monoisotopic (exact) mass is 444 g/mol. The zero-order valence-electron chi connectivity index (χ0n) is 18.5. The van der Waals surface area contributed by atoms with Gasteiger partial charge in [-0.3, -0.25) is 14.8 Å². The number of piperazine rings is 1. The molecule has 0 saturated carbocycles. The van der Waals surface area contributed by atoms with Crippen molar-refractivity contribution in [3.63, 3.8) is 0 Å². The van der Waals surface area contributed by atoms with Crippen molar-refractivity contribution in [1.82, 2.24) is 9.88 Å². The third-order valence-electron chi connectivity index (χ3n) is 6.62. The summed E-state index contributed by atoms with van der Waals surface area (Å²) >= 11 is 6.04. The van der Waals surface area contributed by atoms with Gasteiger partial charge in [-0.05, 0) is 48.7 Å². The van der Waals surface area contributed by atoms with Crippen molar-refractivity contribution >= 4 is 34.1 Å². The van der Waals surface area contributed by atoms with Crippen LogP contribution in [0.3, 0.4) is 0 Å². The summed E-state index contributed by atoms with van der Waals surface area (Å²) in [6.45, 7) is 9.10. The number of halogens is 1. The molecule has 1 aliphatic heterocycles. The third kappa shape index (κ3) is 3.50. The van der Waals surface area contributed by atoms with Gasteiger partial charge in [0, 0.05) is 30.2 Å². The van der Waals surface area contributed by atoms with E-state index >= 15 is 0 Å². The molecule has 3 heterocycles. The summed E-state index contributed by atoms with van der Waals surface area (Å²) in [6, 6.07) is 18.9. The molecular weight excluding hydrogens is 418 g/mol. The highest BCUT2D eigenvalue weighted by Gasteiger charge is 2.31. The quantitative estimate of drug-likeness (QED) is 0.467. The fraction of sp³-hybridized carbons (Fsp3) is 0.308. The molecule has 4 aromatic rings. The van der Waals surface area contributed by atoms with Crippen LogP contribution in [-0.2, 0) is 13.0 Å². The van der Waals surface area contributed by atoms with Crippen molar-refractivity contribution in [2.75, 3.05) is 31.1 Å². The van der Waals surface area contributed by atoms with E-state index < -0.39 is 0 Å². The van der Waals surface area contributed by atoms with E-state index in [0.29, 0.717) is 0 Å². The number of nitrogens with zero attached hydrogens (tertiary/aromatic N) is 4. The second kappa shape index (κ2) is 8.46. The number of fused-ring (bicyclic) bond motifs is 3. The summed E-state index contributed by atoms with van der Waals surface area (Å²) < 4.78 is 2.27. The molecule has 1 aliphatic rings. The predicted molar refractivity (Wildman–Crippen MR) is 129 cm³/mol. The molecule has 0 amide bonds. The molecule has 162 valence electrons. The van der Waals surface area contributed by atoms with Crippen molar-refractivity contribution in [3.05, 3.63) is 75.8 Å². The number of rotatable bonds is 4. The van der Waals surface area contributed by atoms with Crippen LogP contribution in [0.1, 0.15) is 29.2 Å². The highest BCUT2D eigenvalue weighted by atomic mass is 35.5. The Kier molecular flexibility index (Phi) is 5.50. The first kappa shape index (κ1) is 20.8. The van der Waals surface area contributed by atoms with Crippen molar-refractivity contribution in [3.8, 4) is 6.07 Å². The fourth-order valence-electron chi connectivity index (χ4n) is 4.96. The molecule has 5 rings (SSSR count). The number of nitrogens with one attached hydrogen (secondary N) is 1. The van der Waals surface area contributed by atoms with E-state index in [4.69, 9.17) is 11.6 Å². The van der Waals surface area contributed by atoms with Crippen LogP contribution in [0.15, 0.2) is 48.5 Å². The van der Waals surface area contributed by atoms with Crippen LogP contribution in [0.2, 0.25) is 5.02 Å². The maximum absolute atomic E-state index is 9.94. The molecule has 1 fully saturated rings. The molecule has 0 bridgehead atoms. The van der Waals surface area contributed by atoms with Crippen molar-refractivity contribution in [1.29, 1.82) is 5.26 Å². The molecule has 0 radical (unpaired) electrons. The number of pyridine rings is 1. The fourth-order valence-corrected chi connectivity index (χ4v) is 5.09. The lowest BCUT2D eigenvalue weighted by atomic mass is 10.0. The highest BCUT2D eigenvalue weighted by molar-refractivity contribution is 6.30. The average Bonchev–Trinajstić information content (AvgIpc) is 3.19. The Balaban J connectivity index is 1.53. The first-order valence-corrected chi connectivity index (χ1v) is 11.6. The Hall–Kier alpha value is -3.07. The number of aromatic amines is 1. The second-order valence-electron chi connectivity index (χ2n) is 8.48. The Morgan fingerprint density at radius 2 is 1.78 bits per heavy atom. The molecule has 0 spiro atoms. The van der Waals surface area contributed by atoms with Crippen LogP contribution in [-0.4, -0.2) is 36.1 Å². The van der Waals surface area contributed by atoms with Crippen molar-refractivity contribution in [2.45, 2.75) is 26.8 Å². The normalized spacial score (nSPS) is 14.9. The molecule has 1 saturated heterocycles. The number of aromatic nitrogens is 2. The number of para-hydroxylation sites is 2. The number of hydrogen-bond donors (Lipinski definition) is 1. The minimum absolute atomic E-state index is 0.739. The Bertz CT molecular complexity index is 1320. The van der Waals surface area contributed by atoms with E-state index in [1.165, 1.54) is 16.9 Å². The summed E-state index contributed by atoms with van der Waals surface area (Å²) in [5.74, 6) is 1.22. The number of imidazole rings is 1. The minimum atomic E-state index is 0.739. The summed E-state index contributed by atoms with van der Waals surface area (Å²) in [7, 11) is 0. The van der Waals surface area contributed by atoms with Crippen LogP contribution >= 0.6 is 11.6 Å². The van der Waals surface area contributed by atoms with Gasteiger partial charge in [0.2, 0.25) is 11.5 Å². The number of benzene rings is 2. The summed E-state index contributed by atoms with van der Waals surface area (Å²) in [6.07, 6.45) is 0.892. The molecule has 0 atom stereocenters. The molecule has 0 unspecified atom stereocenters. The van der Waals surface area contributed by atoms with Gasteiger partial charge in [-0.15, -0.1) is 0 Å². The lowest BCUT2D eigenvalue weighted by molar-refractivity contribution is -0.468. The van der Waals surface area contributed by atoms with Crippen LogP contribution in [0, 0.1) is 18.3 Å². The predicted octanol–water partition coefficient (Wildman–Crippen LogP) is 4.62. The maximum atomic E-state index is 9.94. The van der Waals surface area contributed by atoms with E-state index in [1.807, 2.05) is 18.2 Å². The molecule has 1 N–H and O–H groups in total. The summed E-state index contributed by atoms with van der Waals surface area (Å²) in [5, 5.41) is 10.7. The first-order chi connectivity index (χ1) is 15.6. The Morgan fingerprint density at radius 1 is 1.06 bits per heavy atom. The standard InChI is InChI=1S/C26H26ClN5/c1-3-21-18(2)22(16-28)25-29-23-6-4-5-7-24(23)32(25)26(21)31-14-12-30(13-15-31)17-19-8-10-20(27)11-9-19/h4-11H,3,12-15,17H2,1-2H3/p+1. The average molecular weight is 445 g/mol. The first-order valence-electron chi connectivity index (χ1n) is 11.2. The number of nitriles is 1. The smallest absolute Gasteiger partial charge is 0.250 e. The van der Waals surface area contributed by atoms with E-state index in [0.717, 1.165) is 72.0 Å². The zero-order valence-corrected chi connectivity index (χ0v) is 19.3. The molecule has 32 heavy (non-hydrogen) atoms. The van der Waals surface area contributed by atoms with Gasteiger partial charge in [0.25, 0.3) is 0 Å². The van der Waals surface area contributed by atoms with E-state index in [-0.39, 0.29) is 0 Å². The van der Waals surface area contributed by atoms with Gasteiger partial charge >= 0.3 is 0 Å². The van der Waals surface area contributed by atoms with Crippen LogP contribution < -0.4 is 9.30 Å². The number of H-pyrrole nitrogens is 1. The largest absolute Gasteiger partial charge is 0.293 e. The number of anilines is 1. The van der Waals surface area contributed by atoms with E-state index in [9.17, 15) is 5.26 Å². The SMILES string of the molecule is CCc1c(C)c(C#N)c2[nH]c3ccccc3[n+]2c1N1CCN(Cc2ccc(Cl)cc2)CC1. The molecule has 2 aromatic heterocycles. The van der Waals surface area contributed by atoms with Crippen LogP contribution in [0.5, 0.6) is 0 Å². The van der Waals surface area contributed by atoms with Crippen molar-refractivity contribution < 1.29 is 4.40 Å². The van der Waals surface area contributed by atoms with Crippen LogP contribution in [0.4, 0.5) is 5.82 Å². The second-order valence-corrected chi connectivity index (χ2v) is 8.92. The maximum Gasteiger partial charge on any atom is 0.250 e. The van der Waals surface area contributed by atoms with Gasteiger partial charge in [-0.1, -0.05) is 42.8 Å². The lowest BCUT2D eigenvalue weighted by Gasteiger charge is -2.34. The lowest BCUT2D eigenvalue weighted by Crippen LogP contribution is -2.49. The highest BCUT2D eigenvalue weighted by Crippen LogP contribution is 2.29. The molecule has 0 aliphatic carbocycles. The number of hydrogen-bond acceptors (Lipinski definition) is 3. The topological polar surface area (TPSA) is 50.2 Å². The molecule has 5 nitrogen and oxygen atoms in total. The van der Waals surface area contributed by atoms with Gasteiger partial charge in [-0.25, -0.2) is 0 Å². The summed E-state index contributed by atoms with van der Waals surface area (Å²) in [5.41, 5.74) is 7.44. The summed E-state index contributed by atoms with van der Waals surface area (Å²) in [4.78, 5) is 8.51. The third-order valence-corrected chi connectivity index (χ3v) is 6.88. The Labute approximate surface area is 193 Å². The van der Waals surface area contributed by atoms with Gasteiger partial charge in [0.15, 0.2) is 0 Å². The molecule has 2 aromatic carbocycles. The zero-order chi connectivity index (χ0) is 22.2. The van der Waals surface area contributed by atoms with E-state index in [2.05, 4.69) is 69.4 Å². The van der Waals surface area contributed by atoms with Gasteiger partial charge in [0.1, 0.15) is 22.7 Å². The van der Waals surface area contributed by atoms with Crippen molar-refractivity contribution in [2.24, 2.45) is 0 Å². The van der Waals surface area contributed by atoms with Crippen LogP contribution in [0.25, 0.3) is 16.7 Å². The van der Waals surface area contributed by atoms with Gasteiger partial charge < -0.3 is 0 Å². The minimum Gasteiger partial charge on any atom is -0.293 e. The van der Waals surface area contributed by atoms with Gasteiger partial charge in [-0.2, -0.15) is 9.66 Å². The van der Waals surface area contributed by atoms with Gasteiger partial charge in [0.05, 0.1) is 13.1 Å². The molecular formula is C26H27ClN5+.